The van der Waals surface area contributed by atoms with Crippen molar-refractivity contribution in [1.29, 1.82) is 0 Å². The summed E-state index contributed by atoms with van der Waals surface area (Å²) in [6, 6.07) is 7.97. The van der Waals surface area contributed by atoms with E-state index in [-0.39, 0.29) is 11.9 Å². The van der Waals surface area contributed by atoms with E-state index >= 15 is 0 Å². The van der Waals surface area contributed by atoms with E-state index in [0.29, 0.717) is 5.69 Å². The van der Waals surface area contributed by atoms with Crippen molar-refractivity contribution in [3.05, 3.63) is 46.7 Å². The molecule has 2 aromatic heterocycles. The van der Waals surface area contributed by atoms with Crippen LogP contribution in [0.2, 0.25) is 0 Å². The van der Waals surface area contributed by atoms with Gasteiger partial charge in [-0.2, -0.15) is 0 Å². The van der Waals surface area contributed by atoms with Crippen LogP contribution in [0.25, 0.3) is 11.0 Å². The van der Waals surface area contributed by atoms with Gasteiger partial charge in [-0.25, -0.2) is 9.97 Å². The molecule has 1 saturated heterocycles. The van der Waals surface area contributed by atoms with Crippen molar-refractivity contribution >= 4 is 28.3 Å². The van der Waals surface area contributed by atoms with Gasteiger partial charge in [0.25, 0.3) is 5.91 Å². The molecule has 1 aliphatic heterocycles. The van der Waals surface area contributed by atoms with Gasteiger partial charge in [-0.1, -0.05) is 12.1 Å². The molecule has 0 saturated carbocycles. The number of nitrogens with one attached hydrogen (secondary N) is 1. The predicted octanol–water partition coefficient (Wildman–Crippen LogP) is 3.00. The van der Waals surface area contributed by atoms with Crippen molar-refractivity contribution in [2.45, 2.75) is 18.9 Å². The number of amides is 1. The number of fused-ring (bicyclic) bond motifs is 1. The first-order valence-electron chi connectivity index (χ1n) is 6.97. The highest BCUT2D eigenvalue weighted by Crippen LogP contribution is 2.32. The minimum Gasteiger partial charge on any atom is -0.340 e. The first-order valence-corrected chi connectivity index (χ1v) is 7.91. The number of carbonyl (C=O) groups is 1. The molecular formula is C15H14N4OS. The van der Waals surface area contributed by atoms with Crippen LogP contribution in [0.1, 0.15) is 35.2 Å². The minimum absolute atomic E-state index is 0.000735. The number of nitrogens with zero attached hydrogens (tertiary/aromatic N) is 3. The number of hydrogen-bond donors (Lipinski definition) is 1. The number of thiazole rings is 1. The Hall–Kier alpha value is -2.21. The Labute approximate surface area is 125 Å². The van der Waals surface area contributed by atoms with Gasteiger partial charge in [0.15, 0.2) is 0 Å². The Balaban J connectivity index is 1.68. The third-order valence-corrected chi connectivity index (χ3v) is 4.47. The largest absolute Gasteiger partial charge is 0.340 e. The molecule has 5 nitrogen and oxygen atoms in total. The number of likely N-dealkylation sites (tertiary alicyclic amines) is 1. The molecule has 0 unspecified atom stereocenters. The highest BCUT2D eigenvalue weighted by Gasteiger charge is 2.33. The van der Waals surface area contributed by atoms with Gasteiger partial charge in [0.2, 0.25) is 0 Å². The van der Waals surface area contributed by atoms with Crippen LogP contribution in [0, 0.1) is 0 Å². The summed E-state index contributed by atoms with van der Waals surface area (Å²) < 4.78 is 0. The molecule has 1 aliphatic rings. The van der Waals surface area contributed by atoms with Gasteiger partial charge in [-0.05, 0) is 25.0 Å². The number of aromatic nitrogens is 3. The van der Waals surface area contributed by atoms with Crippen molar-refractivity contribution in [1.82, 2.24) is 19.9 Å². The minimum atomic E-state index is -0.000735. The lowest BCUT2D eigenvalue weighted by Crippen LogP contribution is -2.31. The molecule has 3 heterocycles. The summed E-state index contributed by atoms with van der Waals surface area (Å²) in [4.78, 5) is 26.5. The Morgan fingerprint density at radius 1 is 1.38 bits per heavy atom. The molecule has 1 atom stereocenters. The quantitative estimate of drug-likeness (QED) is 0.791. The number of aromatic amines is 1. The van der Waals surface area contributed by atoms with E-state index < -0.39 is 0 Å². The van der Waals surface area contributed by atoms with Crippen molar-refractivity contribution in [3.8, 4) is 0 Å². The monoisotopic (exact) mass is 298 g/mol. The number of H-pyrrole nitrogens is 1. The van der Waals surface area contributed by atoms with Gasteiger partial charge in [-0.15, -0.1) is 11.3 Å². The lowest BCUT2D eigenvalue weighted by molar-refractivity contribution is 0.0725. The van der Waals surface area contributed by atoms with Crippen LogP contribution in [0.15, 0.2) is 35.2 Å². The van der Waals surface area contributed by atoms with E-state index in [2.05, 4.69) is 15.0 Å². The van der Waals surface area contributed by atoms with E-state index in [0.717, 1.165) is 36.2 Å². The zero-order valence-corrected chi connectivity index (χ0v) is 12.1. The number of carbonyl (C=O) groups excluding carboxylic acids is 1. The zero-order chi connectivity index (χ0) is 14.2. The summed E-state index contributed by atoms with van der Waals surface area (Å²) in [7, 11) is 0. The first kappa shape index (κ1) is 12.5. The molecule has 21 heavy (non-hydrogen) atoms. The summed E-state index contributed by atoms with van der Waals surface area (Å²) in [5.74, 6) is 0.872. The molecule has 0 aliphatic carbocycles. The van der Waals surface area contributed by atoms with Gasteiger partial charge in [0, 0.05) is 11.9 Å². The Morgan fingerprint density at radius 2 is 2.29 bits per heavy atom. The Kier molecular flexibility index (Phi) is 2.96. The van der Waals surface area contributed by atoms with E-state index in [1.54, 1.807) is 10.9 Å². The standard InChI is InChI=1S/C15H14N4OS/c20-15(12-8-21-9-16-12)19-7-3-6-13(19)14-17-10-4-1-2-5-11(10)18-14/h1-2,4-5,8-9,13H,3,6-7H2,(H,17,18)/t13-/m1/s1. The van der Waals surface area contributed by atoms with Crippen LogP contribution < -0.4 is 0 Å². The second-order valence-corrected chi connectivity index (χ2v) is 5.89. The predicted molar refractivity (Wildman–Crippen MR) is 81.2 cm³/mol. The van der Waals surface area contributed by atoms with Crippen molar-refractivity contribution in [2.24, 2.45) is 0 Å². The summed E-state index contributed by atoms with van der Waals surface area (Å²) >= 11 is 1.45. The average molecular weight is 298 g/mol. The topological polar surface area (TPSA) is 61.9 Å². The maximum absolute atomic E-state index is 12.5. The molecule has 1 aromatic carbocycles. The van der Waals surface area contributed by atoms with Crippen LogP contribution >= 0.6 is 11.3 Å². The fraction of sp³-hybridized carbons (Fsp3) is 0.267. The molecule has 3 aromatic rings. The molecule has 1 N–H and O–H groups in total. The summed E-state index contributed by atoms with van der Waals surface area (Å²) in [5.41, 5.74) is 4.18. The summed E-state index contributed by atoms with van der Waals surface area (Å²) in [6.07, 6.45) is 1.94. The molecule has 106 valence electrons. The number of hydrogen-bond acceptors (Lipinski definition) is 4. The van der Waals surface area contributed by atoms with E-state index in [9.17, 15) is 4.79 Å². The van der Waals surface area contributed by atoms with Crippen LogP contribution in [0.4, 0.5) is 0 Å². The summed E-state index contributed by atoms with van der Waals surface area (Å²) in [5, 5.41) is 1.80. The number of imidazole rings is 1. The van der Waals surface area contributed by atoms with E-state index in [1.165, 1.54) is 11.3 Å². The molecule has 0 bridgehead atoms. The Bertz CT molecular complexity index is 747. The van der Waals surface area contributed by atoms with Crippen molar-refractivity contribution < 1.29 is 4.79 Å². The zero-order valence-electron chi connectivity index (χ0n) is 11.3. The van der Waals surface area contributed by atoms with Gasteiger partial charge in [-0.3, -0.25) is 4.79 Å². The maximum Gasteiger partial charge on any atom is 0.273 e. The van der Waals surface area contributed by atoms with Crippen molar-refractivity contribution in [3.63, 3.8) is 0 Å². The SMILES string of the molecule is O=C(c1cscn1)N1CCC[C@@H]1c1nc2ccccc2[nH]1. The Morgan fingerprint density at radius 3 is 3.10 bits per heavy atom. The normalized spacial score (nSPS) is 18.5. The molecule has 1 fully saturated rings. The summed E-state index contributed by atoms with van der Waals surface area (Å²) in [6.45, 7) is 0.762. The first-order chi connectivity index (χ1) is 10.3. The van der Waals surface area contributed by atoms with Crippen LogP contribution in [-0.2, 0) is 0 Å². The molecule has 0 spiro atoms. The molecular weight excluding hydrogens is 284 g/mol. The maximum atomic E-state index is 12.5. The molecule has 4 rings (SSSR count). The third-order valence-electron chi connectivity index (χ3n) is 3.89. The van der Waals surface area contributed by atoms with Gasteiger partial charge in [0.05, 0.1) is 22.6 Å². The molecule has 6 heteroatoms. The van der Waals surface area contributed by atoms with Crippen molar-refractivity contribution in [2.75, 3.05) is 6.54 Å². The van der Waals surface area contributed by atoms with Gasteiger partial charge in [0.1, 0.15) is 11.5 Å². The second kappa shape index (κ2) is 4.96. The lowest BCUT2D eigenvalue weighted by Gasteiger charge is -2.22. The number of para-hydroxylation sites is 2. The molecule has 1 amide bonds. The van der Waals surface area contributed by atoms with E-state index in [1.807, 2.05) is 29.2 Å². The van der Waals surface area contributed by atoms with Crippen LogP contribution in [0.3, 0.4) is 0 Å². The van der Waals surface area contributed by atoms with Crippen LogP contribution in [-0.4, -0.2) is 32.3 Å². The fourth-order valence-electron chi connectivity index (χ4n) is 2.89. The number of benzene rings is 1. The van der Waals surface area contributed by atoms with Crippen LogP contribution in [0.5, 0.6) is 0 Å². The average Bonchev–Trinajstić information content (AvgIpc) is 3.24. The molecule has 0 radical (unpaired) electrons. The number of rotatable bonds is 2. The van der Waals surface area contributed by atoms with Gasteiger partial charge < -0.3 is 9.88 Å². The fourth-order valence-corrected chi connectivity index (χ4v) is 3.42. The van der Waals surface area contributed by atoms with E-state index in [4.69, 9.17) is 0 Å². The van der Waals surface area contributed by atoms with Gasteiger partial charge >= 0.3 is 0 Å². The highest BCUT2D eigenvalue weighted by atomic mass is 32.1. The second-order valence-electron chi connectivity index (χ2n) is 5.17. The lowest BCUT2D eigenvalue weighted by atomic mass is 10.2. The highest BCUT2D eigenvalue weighted by molar-refractivity contribution is 7.07. The third kappa shape index (κ3) is 2.12. The smallest absolute Gasteiger partial charge is 0.273 e.